The minimum atomic E-state index is -0.368. The molecule has 1 heterocycles. The van der Waals surface area contributed by atoms with Crippen molar-refractivity contribution in [2.75, 3.05) is 4.90 Å². The number of hydrogen-bond acceptors (Lipinski definition) is 2. The Morgan fingerprint density at radius 3 is 2.28 bits per heavy atom. The van der Waals surface area contributed by atoms with Gasteiger partial charge in [0.05, 0.1) is 11.7 Å². The number of imide groups is 1. The van der Waals surface area contributed by atoms with E-state index in [1.807, 2.05) is 30.3 Å². The average Bonchev–Trinajstić information content (AvgIpc) is 2.95. The Labute approximate surface area is 146 Å². The molecule has 4 atom stereocenters. The second-order valence-electron chi connectivity index (χ2n) is 7.05. The Morgan fingerprint density at radius 1 is 0.800 bits per heavy atom. The number of benzene rings is 2. The van der Waals surface area contributed by atoms with E-state index in [1.54, 1.807) is 12.1 Å². The summed E-state index contributed by atoms with van der Waals surface area (Å²) in [7, 11) is 0. The third-order valence-electron chi connectivity index (χ3n) is 5.85. The molecule has 2 N–H and O–H groups in total. The maximum atomic E-state index is 12.9. The number of carbonyl (C=O) groups is 2. The van der Waals surface area contributed by atoms with Gasteiger partial charge in [0.1, 0.15) is 0 Å². The highest BCUT2D eigenvalue weighted by Gasteiger charge is 2.50. The first-order valence-electron chi connectivity index (χ1n) is 8.79. The van der Waals surface area contributed by atoms with Crippen molar-refractivity contribution in [1.29, 1.82) is 0 Å². The largest absolute Gasteiger partial charge is 0.334 e. The highest BCUT2D eigenvalue weighted by Crippen LogP contribution is 2.51. The number of fused-ring (bicyclic) bond motifs is 3. The van der Waals surface area contributed by atoms with Crippen LogP contribution in [0.1, 0.15) is 35.9 Å². The van der Waals surface area contributed by atoms with Crippen LogP contribution in [0.25, 0.3) is 0 Å². The van der Waals surface area contributed by atoms with Crippen LogP contribution in [0, 0.1) is 5.92 Å². The van der Waals surface area contributed by atoms with Crippen molar-refractivity contribution in [2.24, 2.45) is 5.92 Å². The number of anilines is 1. The van der Waals surface area contributed by atoms with Gasteiger partial charge in [-0.3, -0.25) is 0 Å². The summed E-state index contributed by atoms with van der Waals surface area (Å²) in [5.74, 6) is 0.583. The SMILES string of the molecule is O=C1N[C@@H]2[C@@H]3CC[C@@H]2c2ccccc2[C@@H]3NC(=O)N1c1ccccc1. The molecule has 5 nitrogen and oxygen atoms in total. The van der Waals surface area contributed by atoms with E-state index in [-0.39, 0.29) is 30.1 Å². The summed E-state index contributed by atoms with van der Waals surface area (Å²) < 4.78 is 0. The van der Waals surface area contributed by atoms with Gasteiger partial charge in [-0.1, -0.05) is 42.5 Å². The molecule has 2 aromatic rings. The Hall–Kier alpha value is -2.82. The molecular formula is C20H19N3O2. The minimum Gasteiger partial charge on any atom is -0.334 e. The van der Waals surface area contributed by atoms with Gasteiger partial charge >= 0.3 is 12.1 Å². The van der Waals surface area contributed by atoms with Gasteiger partial charge in [0.2, 0.25) is 0 Å². The quantitative estimate of drug-likeness (QED) is 0.838. The van der Waals surface area contributed by atoms with Crippen LogP contribution in [0.5, 0.6) is 0 Å². The smallest absolute Gasteiger partial charge is 0.330 e. The van der Waals surface area contributed by atoms with E-state index in [4.69, 9.17) is 0 Å². The van der Waals surface area contributed by atoms with Crippen molar-refractivity contribution in [3.8, 4) is 0 Å². The minimum absolute atomic E-state index is 0.0562. The summed E-state index contributed by atoms with van der Waals surface area (Å²) in [4.78, 5) is 27.0. The number of hydrogen-bond donors (Lipinski definition) is 2. The van der Waals surface area contributed by atoms with Crippen LogP contribution in [0.3, 0.4) is 0 Å². The Balaban J connectivity index is 1.60. The lowest BCUT2D eigenvalue weighted by molar-refractivity contribution is 0.206. The molecule has 5 heteroatoms. The molecule has 4 amide bonds. The van der Waals surface area contributed by atoms with Crippen molar-refractivity contribution in [2.45, 2.75) is 30.8 Å². The van der Waals surface area contributed by atoms with Crippen LogP contribution in [0.2, 0.25) is 0 Å². The maximum absolute atomic E-state index is 12.9. The van der Waals surface area contributed by atoms with Gasteiger partial charge in [-0.25, -0.2) is 14.5 Å². The first kappa shape index (κ1) is 14.5. The fraction of sp³-hybridized carbons (Fsp3) is 0.300. The van der Waals surface area contributed by atoms with E-state index < -0.39 is 0 Å². The van der Waals surface area contributed by atoms with Crippen LogP contribution in [0.15, 0.2) is 54.6 Å². The Bertz CT molecular complexity index is 851. The predicted octanol–water partition coefficient (Wildman–Crippen LogP) is 3.54. The molecule has 0 unspecified atom stereocenters. The van der Waals surface area contributed by atoms with Gasteiger partial charge in [0, 0.05) is 17.9 Å². The molecular weight excluding hydrogens is 314 g/mol. The normalized spacial score (nSPS) is 30.0. The summed E-state index contributed by atoms with van der Waals surface area (Å²) in [5.41, 5.74) is 3.04. The highest BCUT2D eigenvalue weighted by molar-refractivity contribution is 6.14. The van der Waals surface area contributed by atoms with Crippen LogP contribution >= 0.6 is 0 Å². The van der Waals surface area contributed by atoms with E-state index >= 15 is 0 Å². The standard InChI is InChI=1S/C20H19N3O2/c24-19-21-17-14-9-5-4-8-13(14)15-10-11-16(17)18(15)22-20(25)23(19)12-6-2-1-3-7-12/h1-9,15-18H,10-11H2,(H,21,24)(H,22,25)/t15-,16-,17+,18+/m1/s1. The van der Waals surface area contributed by atoms with Gasteiger partial charge in [-0.15, -0.1) is 0 Å². The Kier molecular flexibility index (Phi) is 3.10. The first-order chi connectivity index (χ1) is 12.2. The zero-order valence-electron chi connectivity index (χ0n) is 13.7. The Morgan fingerprint density at radius 2 is 1.48 bits per heavy atom. The molecule has 2 fully saturated rings. The number of para-hydroxylation sites is 1. The number of rotatable bonds is 1. The molecule has 25 heavy (non-hydrogen) atoms. The van der Waals surface area contributed by atoms with Crippen molar-refractivity contribution >= 4 is 17.7 Å². The predicted molar refractivity (Wildman–Crippen MR) is 94.4 cm³/mol. The van der Waals surface area contributed by atoms with Gasteiger partial charge in [0.15, 0.2) is 0 Å². The fourth-order valence-electron chi connectivity index (χ4n) is 4.82. The molecule has 4 bridgehead atoms. The fourth-order valence-corrected chi connectivity index (χ4v) is 4.82. The summed E-state index contributed by atoms with van der Waals surface area (Å²) in [6.07, 6.45) is 2.06. The lowest BCUT2D eigenvalue weighted by Gasteiger charge is -2.42. The third-order valence-corrected chi connectivity index (χ3v) is 5.85. The molecule has 1 saturated heterocycles. The van der Waals surface area contributed by atoms with E-state index in [2.05, 4.69) is 22.8 Å². The lowest BCUT2D eigenvalue weighted by Crippen LogP contribution is -2.60. The summed E-state index contributed by atoms with van der Waals surface area (Å²) in [6, 6.07) is 16.7. The van der Waals surface area contributed by atoms with E-state index in [0.29, 0.717) is 11.6 Å². The second-order valence-corrected chi connectivity index (χ2v) is 7.05. The van der Waals surface area contributed by atoms with E-state index in [1.165, 1.54) is 16.0 Å². The first-order valence-corrected chi connectivity index (χ1v) is 8.79. The molecule has 3 aliphatic rings. The molecule has 0 spiro atoms. The molecule has 0 aromatic heterocycles. The van der Waals surface area contributed by atoms with Gasteiger partial charge in [-0.2, -0.15) is 0 Å². The van der Waals surface area contributed by atoms with Gasteiger partial charge < -0.3 is 10.6 Å². The lowest BCUT2D eigenvalue weighted by atomic mass is 9.75. The third kappa shape index (κ3) is 2.08. The van der Waals surface area contributed by atoms with Crippen molar-refractivity contribution in [3.05, 3.63) is 65.7 Å². The zero-order chi connectivity index (χ0) is 17.0. The number of amides is 4. The summed E-state index contributed by atoms with van der Waals surface area (Å²) in [6.45, 7) is 0. The molecule has 0 radical (unpaired) electrons. The van der Waals surface area contributed by atoms with Crippen LogP contribution in [0.4, 0.5) is 15.3 Å². The molecule has 2 aromatic carbocycles. The van der Waals surface area contributed by atoms with E-state index in [0.717, 1.165) is 12.8 Å². The van der Waals surface area contributed by atoms with Gasteiger partial charge in [0.25, 0.3) is 0 Å². The summed E-state index contributed by atoms with van der Waals surface area (Å²) in [5, 5.41) is 6.30. The van der Waals surface area contributed by atoms with Gasteiger partial charge in [-0.05, 0) is 36.1 Å². The van der Waals surface area contributed by atoms with E-state index in [9.17, 15) is 9.59 Å². The van der Waals surface area contributed by atoms with Crippen molar-refractivity contribution in [1.82, 2.24) is 10.6 Å². The maximum Gasteiger partial charge on any atom is 0.330 e. The molecule has 2 aliphatic carbocycles. The molecule has 1 saturated carbocycles. The molecule has 1 aliphatic heterocycles. The molecule has 126 valence electrons. The number of carbonyl (C=O) groups excluding carboxylic acids is 2. The molecule has 5 rings (SSSR count). The second kappa shape index (κ2) is 5.34. The monoisotopic (exact) mass is 333 g/mol. The number of nitrogens with one attached hydrogen (secondary N) is 2. The number of nitrogens with zero attached hydrogens (tertiary/aromatic N) is 1. The van der Waals surface area contributed by atoms with Crippen molar-refractivity contribution < 1.29 is 9.59 Å². The van der Waals surface area contributed by atoms with Crippen molar-refractivity contribution in [3.63, 3.8) is 0 Å². The summed E-state index contributed by atoms with van der Waals surface area (Å²) >= 11 is 0. The highest BCUT2D eigenvalue weighted by atomic mass is 16.2. The van der Waals surface area contributed by atoms with Crippen LogP contribution in [-0.4, -0.2) is 18.1 Å². The van der Waals surface area contributed by atoms with Crippen LogP contribution in [-0.2, 0) is 0 Å². The van der Waals surface area contributed by atoms with Crippen LogP contribution < -0.4 is 15.5 Å². The number of urea groups is 2. The average molecular weight is 333 g/mol. The zero-order valence-corrected chi connectivity index (χ0v) is 13.7. The topological polar surface area (TPSA) is 61.4 Å².